The van der Waals surface area contributed by atoms with E-state index in [1.807, 2.05) is 18.2 Å². The molecule has 154 valence electrons. The fourth-order valence-electron chi connectivity index (χ4n) is 3.58. The van der Waals surface area contributed by atoms with Crippen molar-refractivity contribution in [2.24, 2.45) is 11.7 Å². The van der Waals surface area contributed by atoms with E-state index in [9.17, 15) is 14.4 Å². The van der Waals surface area contributed by atoms with E-state index in [4.69, 9.17) is 21.8 Å². The average Bonchev–Trinajstić information content (AvgIpc) is 3.08. The summed E-state index contributed by atoms with van der Waals surface area (Å²) >= 11 is 6.22. The van der Waals surface area contributed by atoms with Gasteiger partial charge in [0.25, 0.3) is 5.91 Å². The monoisotopic (exact) mass is 417 g/mol. The Hall–Kier alpha value is -2.80. The van der Waals surface area contributed by atoms with E-state index < -0.39 is 5.91 Å². The highest BCUT2D eigenvalue weighted by Crippen LogP contribution is 2.31. The van der Waals surface area contributed by atoms with Crippen molar-refractivity contribution in [1.82, 2.24) is 10.6 Å². The van der Waals surface area contributed by atoms with Gasteiger partial charge in [0.05, 0.1) is 17.1 Å². The van der Waals surface area contributed by atoms with Crippen LogP contribution in [0.3, 0.4) is 0 Å². The molecule has 0 bridgehead atoms. The van der Waals surface area contributed by atoms with Crippen molar-refractivity contribution in [2.45, 2.75) is 38.6 Å². The minimum absolute atomic E-state index is 0.0132. The van der Waals surface area contributed by atoms with Gasteiger partial charge in [0.2, 0.25) is 11.8 Å². The van der Waals surface area contributed by atoms with E-state index in [-0.39, 0.29) is 30.3 Å². The lowest BCUT2D eigenvalue weighted by Crippen LogP contribution is -2.42. The molecule has 0 atom stereocenters. The number of aryl methyl sites for hydroxylation is 1. The number of carbonyl (C=O) groups excluding carboxylic acids is 3. The summed E-state index contributed by atoms with van der Waals surface area (Å²) in [5, 5.41) is 6.12. The highest BCUT2D eigenvalue weighted by molar-refractivity contribution is 6.33. The van der Waals surface area contributed by atoms with Crippen molar-refractivity contribution in [1.29, 1.82) is 0 Å². The molecule has 3 rings (SSSR count). The molecule has 1 aliphatic rings. The largest absolute Gasteiger partial charge is 0.460 e. The zero-order valence-corrected chi connectivity index (χ0v) is 16.9. The Kier molecular flexibility index (Phi) is 6.59. The van der Waals surface area contributed by atoms with Gasteiger partial charge in [-0.05, 0) is 50.8 Å². The van der Waals surface area contributed by atoms with Gasteiger partial charge in [0, 0.05) is 17.5 Å². The molecule has 1 heterocycles. The van der Waals surface area contributed by atoms with Gasteiger partial charge < -0.3 is 20.8 Å². The molecule has 1 aliphatic carbocycles. The summed E-state index contributed by atoms with van der Waals surface area (Å²) in [6.45, 7) is 1.60. The van der Waals surface area contributed by atoms with Crippen LogP contribution in [0.5, 0.6) is 0 Å². The third kappa shape index (κ3) is 5.17. The number of nitrogens with one attached hydrogen (secondary N) is 2. The molecule has 3 amide bonds. The first-order chi connectivity index (χ1) is 13.8. The summed E-state index contributed by atoms with van der Waals surface area (Å²) in [4.78, 5) is 35.5. The topological polar surface area (TPSA) is 114 Å². The smallest absolute Gasteiger partial charge is 0.255 e. The molecule has 0 saturated heterocycles. The average molecular weight is 418 g/mol. The lowest BCUT2D eigenvalue weighted by atomic mass is 9.85. The summed E-state index contributed by atoms with van der Waals surface area (Å²) in [5.74, 6) is -0.0178. The maximum Gasteiger partial charge on any atom is 0.255 e. The third-order valence-corrected chi connectivity index (χ3v) is 5.50. The number of rotatable bonds is 6. The van der Waals surface area contributed by atoms with Crippen LogP contribution >= 0.6 is 11.6 Å². The molecule has 7 nitrogen and oxygen atoms in total. The normalized spacial score (nSPS) is 18.8. The van der Waals surface area contributed by atoms with Crippen LogP contribution in [0.4, 0.5) is 0 Å². The van der Waals surface area contributed by atoms with Crippen molar-refractivity contribution >= 4 is 29.3 Å². The molecule has 8 heteroatoms. The zero-order chi connectivity index (χ0) is 21.0. The fourth-order valence-corrected chi connectivity index (χ4v) is 3.81. The van der Waals surface area contributed by atoms with Crippen molar-refractivity contribution in [3.8, 4) is 11.3 Å². The minimum atomic E-state index is -0.564. The summed E-state index contributed by atoms with van der Waals surface area (Å²) < 4.78 is 5.75. The second kappa shape index (κ2) is 9.13. The number of primary amides is 1. The van der Waals surface area contributed by atoms with Gasteiger partial charge in [0.15, 0.2) is 0 Å². The Bertz CT molecular complexity index is 916. The summed E-state index contributed by atoms with van der Waals surface area (Å²) in [6.07, 6.45) is 2.67. The molecule has 0 spiro atoms. The number of furan rings is 1. The number of carbonyl (C=O) groups is 3. The SMILES string of the molecule is Cc1oc(-c2ccccc2Cl)cc1C(=O)NC1CCC(C(=O)NCC(N)=O)CC1. The quantitative estimate of drug-likeness (QED) is 0.670. The number of hydrogen-bond acceptors (Lipinski definition) is 4. The molecule has 4 N–H and O–H groups in total. The van der Waals surface area contributed by atoms with E-state index in [1.54, 1.807) is 19.1 Å². The van der Waals surface area contributed by atoms with Crippen LogP contribution in [-0.4, -0.2) is 30.3 Å². The molecule has 0 radical (unpaired) electrons. The third-order valence-electron chi connectivity index (χ3n) is 5.17. The molecule has 29 heavy (non-hydrogen) atoms. The number of benzene rings is 1. The number of nitrogens with two attached hydrogens (primary N) is 1. The van der Waals surface area contributed by atoms with E-state index >= 15 is 0 Å². The van der Waals surface area contributed by atoms with Crippen LogP contribution in [0.2, 0.25) is 5.02 Å². The predicted octanol–water partition coefficient (Wildman–Crippen LogP) is 2.80. The predicted molar refractivity (Wildman–Crippen MR) is 109 cm³/mol. The van der Waals surface area contributed by atoms with Crippen LogP contribution < -0.4 is 16.4 Å². The lowest BCUT2D eigenvalue weighted by Gasteiger charge is -2.28. The summed E-state index contributed by atoms with van der Waals surface area (Å²) in [5.41, 5.74) is 6.25. The van der Waals surface area contributed by atoms with Crippen molar-refractivity contribution in [3.05, 3.63) is 46.7 Å². The first-order valence-electron chi connectivity index (χ1n) is 9.57. The van der Waals surface area contributed by atoms with Crippen LogP contribution in [0.1, 0.15) is 41.8 Å². The Morgan fingerprint density at radius 2 is 1.86 bits per heavy atom. The molecule has 0 unspecified atom stereocenters. The van der Waals surface area contributed by atoms with Gasteiger partial charge in [-0.25, -0.2) is 0 Å². The maximum atomic E-state index is 12.7. The highest BCUT2D eigenvalue weighted by Gasteiger charge is 2.28. The van der Waals surface area contributed by atoms with Gasteiger partial charge >= 0.3 is 0 Å². The molecule has 1 saturated carbocycles. The Morgan fingerprint density at radius 3 is 2.52 bits per heavy atom. The molecule has 1 aromatic heterocycles. The number of hydrogen-bond donors (Lipinski definition) is 3. The second-order valence-corrected chi connectivity index (χ2v) is 7.67. The van der Waals surface area contributed by atoms with Gasteiger partial charge in [-0.1, -0.05) is 23.7 Å². The van der Waals surface area contributed by atoms with E-state index in [2.05, 4.69) is 10.6 Å². The Labute approximate surface area is 174 Å². The Balaban J connectivity index is 1.57. The van der Waals surface area contributed by atoms with Gasteiger partial charge in [-0.2, -0.15) is 0 Å². The molecular formula is C21H24ClN3O4. The minimum Gasteiger partial charge on any atom is -0.460 e. The molecule has 2 aromatic rings. The first-order valence-corrected chi connectivity index (χ1v) is 9.95. The van der Waals surface area contributed by atoms with Crippen LogP contribution in [0.25, 0.3) is 11.3 Å². The molecule has 1 fully saturated rings. The standard InChI is InChI=1S/C21H24ClN3O4/c1-12-16(10-18(29-12)15-4-2-3-5-17(15)22)21(28)25-14-8-6-13(7-9-14)20(27)24-11-19(23)26/h2-5,10,13-14H,6-9,11H2,1H3,(H2,23,26)(H,24,27)(H,25,28). The van der Waals surface area contributed by atoms with E-state index in [0.29, 0.717) is 47.8 Å². The molecule has 1 aromatic carbocycles. The van der Waals surface area contributed by atoms with Crippen LogP contribution in [0.15, 0.2) is 34.7 Å². The number of amides is 3. The molecular weight excluding hydrogens is 394 g/mol. The zero-order valence-electron chi connectivity index (χ0n) is 16.2. The summed E-state index contributed by atoms with van der Waals surface area (Å²) in [6, 6.07) is 8.99. The maximum absolute atomic E-state index is 12.7. The van der Waals surface area contributed by atoms with Crippen LogP contribution in [0, 0.1) is 12.8 Å². The lowest BCUT2D eigenvalue weighted by molar-refractivity contribution is -0.128. The van der Waals surface area contributed by atoms with Gasteiger partial charge in [0.1, 0.15) is 11.5 Å². The number of halogens is 1. The van der Waals surface area contributed by atoms with Gasteiger partial charge in [-0.3, -0.25) is 14.4 Å². The van der Waals surface area contributed by atoms with Crippen molar-refractivity contribution in [2.75, 3.05) is 6.54 Å². The van der Waals surface area contributed by atoms with Crippen molar-refractivity contribution < 1.29 is 18.8 Å². The van der Waals surface area contributed by atoms with Gasteiger partial charge in [-0.15, -0.1) is 0 Å². The van der Waals surface area contributed by atoms with E-state index in [0.717, 1.165) is 5.56 Å². The highest BCUT2D eigenvalue weighted by atomic mass is 35.5. The summed E-state index contributed by atoms with van der Waals surface area (Å²) in [7, 11) is 0. The first kappa shape index (κ1) is 20.9. The fraction of sp³-hybridized carbons (Fsp3) is 0.381. The van der Waals surface area contributed by atoms with Crippen molar-refractivity contribution in [3.63, 3.8) is 0 Å². The molecule has 0 aliphatic heterocycles. The second-order valence-electron chi connectivity index (χ2n) is 7.27. The van der Waals surface area contributed by atoms with Crippen LogP contribution in [-0.2, 0) is 9.59 Å². The van der Waals surface area contributed by atoms with E-state index in [1.165, 1.54) is 0 Å². The Morgan fingerprint density at radius 1 is 1.17 bits per heavy atom.